The lowest BCUT2D eigenvalue weighted by molar-refractivity contribution is -0.295. The molecule has 0 aromatic heterocycles. The Hall–Kier alpha value is -1.54. The fraction of sp³-hybridized carbons (Fsp3) is 0.941. The van der Waals surface area contributed by atoms with Gasteiger partial charge in [0.1, 0.15) is 0 Å². The molecule has 0 saturated carbocycles. The number of hydrogen-bond donors (Lipinski definition) is 0. The summed E-state index contributed by atoms with van der Waals surface area (Å²) in [5.74, 6) is 0. The Bertz CT molecular complexity index is 484. The quantitative estimate of drug-likeness (QED) is 0.0360. The largest absolute Gasteiger partial charge is 0.549 e. The molecule has 0 atom stereocenters. The van der Waals surface area contributed by atoms with Gasteiger partial charge in [-0.2, -0.15) is 19.4 Å². The molecule has 0 rings (SSSR count). The molecule has 0 spiro atoms. The maximum absolute atomic E-state index is 10.8. The van der Waals surface area contributed by atoms with Gasteiger partial charge in [-0.05, 0) is 25.7 Å². The van der Waals surface area contributed by atoms with Gasteiger partial charge in [-0.25, -0.2) is 9.78 Å². The highest BCUT2D eigenvalue weighted by molar-refractivity contribution is 5.63. The zero-order chi connectivity index (χ0) is 31.2. The van der Waals surface area contributed by atoms with Crippen LogP contribution in [0.4, 0.5) is 9.59 Å². The second-order valence-corrected chi connectivity index (χ2v) is 11.1. The second-order valence-electron chi connectivity index (χ2n) is 11.1. The van der Waals surface area contributed by atoms with Crippen molar-refractivity contribution in [3.05, 3.63) is 0 Å². The van der Waals surface area contributed by atoms with Crippen molar-refractivity contribution in [2.75, 3.05) is 26.4 Å². The van der Waals surface area contributed by atoms with E-state index in [1.165, 1.54) is 116 Å². The molecular formula is C34H68O8. The lowest BCUT2D eigenvalue weighted by Crippen LogP contribution is -2.14. The minimum Gasteiger partial charge on any atom is -0.432 e. The molecular weight excluding hydrogens is 536 g/mol. The minimum absolute atomic E-state index is 0.240. The van der Waals surface area contributed by atoms with Crippen molar-refractivity contribution in [3.63, 3.8) is 0 Å². The molecule has 0 N–H and O–H groups in total. The fourth-order valence-corrected chi connectivity index (χ4v) is 4.13. The van der Waals surface area contributed by atoms with Gasteiger partial charge in [0.2, 0.25) is 0 Å². The lowest BCUT2D eigenvalue weighted by Gasteiger charge is -2.05. The number of rotatable bonds is 29. The fourth-order valence-electron chi connectivity index (χ4n) is 4.13. The normalized spacial score (nSPS) is 10.6. The van der Waals surface area contributed by atoms with Crippen molar-refractivity contribution in [1.29, 1.82) is 0 Å². The summed E-state index contributed by atoms with van der Waals surface area (Å²) >= 11 is 0. The molecule has 0 heterocycles. The maximum atomic E-state index is 10.8. The van der Waals surface area contributed by atoms with Gasteiger partial charge in [0.05, 0.1) is 26.4 Å². The van der Waals surface area contributed by atoms with Crippen LogP contribution in [0.5, 0.6) is 0 Å². The van der Waals surface area contributed by atoms with Crippen molar-refractivity contribution in [2.24, 2.45) is 0 Å². The molecule has 0 aliphatic rings. The third-order valence-electron chi connectivity index (χ3n) is 6.86. The lowest BCUT2D eigenvalue weighted by atomic mass is 10.1. The molecule has 8 nitrogen and oxygen atoms in total. The summed E-state index contributed by atoms with van der Waals surface area (Å²) in [5.41, 5.74) is 0. The van der Waals surface area contributed by atoms with Gasteiger partial charge >= 0.3 is 12.3 Å². The first-order chi connectivity index (χ1) is 20.6. The SMILES string of the molecule is CCCCCCCCCCCCOOCCCCCCCCCCCC.CCCCOC(=O)OOC(=O)OCCCC. The van der Waals surface area contributed by atoms with Crippen molar-refractivity contribution >= 4 is 12.3 Å². The van der Waals surface area contributed by atoms with Crippen LogP contribution in [-0.4, -0.2) is 38.7 Å². The van der Waals surface area contributed by atoms with E-state index < -0.39 is 12.3 Å². The zero-order valence-electron chi connectivity index (χ0n) is 28.1. The number of hydrogen-bond acceptors (Lipinski definition) is 8. The molecule has 0 aliphatic heterocycles. The highest BCUT2D eigenvalue weighted by Gasteiger charge is 2.11. The average Bonchev–Trinajstić information content (AvgIpc) is 2.99. The molecule has 0 aromatic carbocycles. The van der Waals surface area contributed by atoms with Crippen LogP contribution in [-0.2, 0) is 29.0 Å². The summed E-state index contributed by atoms with van der Waals surface area (Å²) in [4.78, 5) is 40.2. The molecule has 0 fully saturated rings. The summed E-state index contributed by atoms with van der Waals surface area (Å²) in [7, 11) is 0. The van der Waals surface area contributed by atoms with Crippen LogP contribution in [0.25, 0.3) is 0 Å². The van der Waals surface area contributed by atoms with E-state index in [1.54, 1.807) is 0 Å². The maximum Gasteiger partial charge on any atom is 0.549 e. The molecule has 0 radical (unpaired) electrons. The molecule has 0 aliphatic carbocycles. The van der Waals surface area contributed by atoms with E-state index in [1.807, 2.05) is 13.8 Å². The van der Waals surface area contributed by atoms with E-state index in [4.69, 9.17) is 9.78 Å². The van der Waals surface area contributed by atoms with Gasteiger partial charge in [-0.15, -0.1) is 0 Å². The van der Waals surface area contributed by atoms with Gasteiger partial charge in [0, 0.05) is 0 Å². The van der Waals surface area contributed by atoms with Gasteiger partial charge in [0.25, 0.3) is 0 Å². The average molecular weight is 605 g/mol. The van der Waals surface area contributed by atoms with E-state index in [-0.39, 0.29) is 13.2 Å². The molecule has 8 heteroatoms. The topological polar surface area (TPSA) is 89.5 Å². The smallest absolute Gasteiger partial charge is 0.432 e. The number of ether oxygens (including phenoxy) is 2. The van der Waals surface area contributed by atoms with E-state index >= 15 is 0 Å². The predicted octanol–water partition coefficient (Wildman–Crippen LogP) is 11.6. The van der Waals surface area contributed by atoms with Crippen molar-refractivity contribution in [3.8, 4) is 0 Å². The molecule has 0 amide bonds. The van der Waals surface area contributed by atoms with Gasteiger partial charge in [0.15, 0.2) is 0 Å². The Morgan fingerprint density at radius 2 is 0.595 bits per heavy atom. The van der Waals surface area contributed by atoms with Crippen molar-refractivity contribution in [1.82, 2.24) is 0 Å². The third kappa shape index (κ3) is 40.6. The first-order valence-electron chi connectivity index (χ1n) is 17.5. The Balaban J connectivity index is 0. The highest BCUT2D eigenvalue weighted by Crippen LogP contribution is 2.12. The molecule has 0 unspecified atom stereocenters. The highest BCUT2D eigenvalue weighted by atomic mass is 17.3. The van der Waals surface area contributed by atoms with Gasteiger partial charge in [-0.1, -0.05) is 156 Å². The molecule has 0 saturated heterocycles. The number of unbranched alkanes of at least 4 members (excludes halogenated alkanes) is 20. The van der Waals surface area contributed by atoms with Crippen LogP contribution < -0.4 is 0 Å². The second kappa shape index (κ2) is 39.5. The summed E-state index contributed by atoms with van der Waals surface area (Å²) in [5, 5.41) is 0. The van der Waals surface area contributed by atoms with Crippen LogP contribution in [0, 0.1) is 0 Å². The predicted molar refractivity (Wildman–Crippen MR) is 170 cm³/mol. The summed E-state index contributed by atoms with van der Waals surface area (Å²) in [6.45, 7) is 10.5. The first kappa shape index (κ1) is 42.6. The van der Waals surface area contributed by atoms with Crippen LogP contribution in [0.15, 0.2) is 0 Å². The van der Waals surface area contributed by atoms with E-state index in [2.05, 4.69) is 33.1 Å². The third-order valence-corrected chi connectivity index (χ3v) is 6.86. The van der Waals surface area contributed by atoms with Crippen LogP contribution >= 0.6 is 0 Å². The Morgan fingerprint density at radius 1 is 0.333 bits per heavy atom. The molecule has 42 heavy (non-hydrogen) atoms. The minimum atomic E-state index is -1.04. The van der Waals surface area contributed by atoms with E-state index in [0.717, 1.165) is 51.7 Å². The van der Waals surface area contributed by atoms with E-state index in [9.17, 15) is 9.59 Å². The van der Waals surface area contributed by atoms with E-state index in [0.29, 0.717) is 0 Å². The first-order valence-corrected chi connectivity index (χ1v) is 17.5. The standard InChI is InChI=1S/C24H50O2.C10H18O6/c1-3-5-7-9-11-13-15-17-19-21-23-25-26-24-22-20-18-16-14-12-10-8-6-4-2;1-3-5-7-13-9(11)15-16-10(12)14-8-6-4-2/h3-24H2,1-2H3;3-8H2,1-2H3. The zero-order valence-corrected chi connectivity index (χ0v) is 28.1. The van der Waals surface area contributed by atoms with Gasteiger partial charge in [-0.3, -0.25) is 0 Å². The molecule has 252 valence electrons. The van der Waals surface area contributed by atoms with Crippen LogP contribution in [0.1, 0.15) is 182 Å². The Morgan fingerprint density at radius 3 is 0.881 bits per heavy atom. The van der Waals surface area contributed by atoms with Crippen molar-refractivity contribution in [2.45, 2.75) is 182 Å². The Kier molecular flexibility index (Phi) is 40.0. The van der Waals surface area contributed by atoms with Crippen molar-refractivity contribution < 1.29 is 38.6 Å². The summed E-state index contributed by atoms with van der Waals surface area (Å²) < 4.78 is 9.13. The molecule has 0 bridgehead atoms. The summed E-state index contributed by atoms with van der Waals surface area (Å²) in [6.07, 6.45) is 28.5. The molecule has 0 aromatic rings. The van der Waals surface area contributed by atoms with Crippen LogP contribution in [0.3, 0.4) is 0 Å². The summed E-state index contributed by atoms with van der Waals surface area (Å²) in [6, 6.07) is 0. The number of carbonyl (C=O) groups is 2. The van der Waals surface area contributed by atoms with Crippen LogP contribution in [0.2, 0.25) is 0 Å². The number of carbonyl (C=O) groups excluding carboxylic acids is 2. The monoisotopic (exact) mass is 604 g/mol. The Labute approximate surface area is 259 Å². The van der Waals surface area contributed by atoms with Gasteiger partial charge < -0.3 is 9.47 Å².